The molecule has 33 heavy (non-hydrogen) atoms. The van der Waals surface area contributed by atoms with E-state index in [1.165, 1.54) is 41.7 Å². The zero-order valence-corrected chi connectivity index (χ0v) is 20.1. The standard InChI is InChI=1S/C22H25N3O6S2/c1-14(2)24(3)32(28,29)18-9-4-15(5-10-18)13-23-21(26)16-6-11-19-20(12-16)33(30,31)25(22(19)27)17-7-8-17/h4-6,9-12,14,17H,7-8,13H2,1-3H3,(H,23,26). The third kappa shape index (κ3) is 4.16. The van der Waals surface area contributed by atoms with Crippen LogP contribution in [-0.4, -0.2) is 56.4 Å². The van der Waals surface area contributed by atoms with Gasteiger partial charge in [0.1, 0.15) is 4.90 Å². The van der Waals surface area contributed by atoms with Crippen LogP contribution < -0.4 is 5.32 Å². The minimum atomic E-state index is -3.94. The van der Waals surface area contributed by atoms with Gasteiger partial charge in [0.25, 0.3) is 21.8 Å². The molecule has 1 aliphatic carbocycles. The molecule has 4 rings (SSSR count). The number of carbonyl (C=O) groups is 2. The fourth-order valence-electron chi connectivity index (χ4n) is 3.57. The third-order valence-corrected chi connectivity index (χ3v) is 9.79. The van der Waals surface area contributed by atoms with E-state index >= 15 is 0 Å². The van der Waals surface area contributed by atoms with Crippen LogP contribution in [0.1, 0.15) is 53.0 Å². The van der Waals surface area contributed by atoms with Crippen molar-refractivity contribution in [3.63, 3.8) is 0 Å². The van der Waals surface area contributed by atoms with Crippen molar-refractivity contribution in [2.24, 2.45) is 0 Å². The zero-order valence-electron chi connectivity index (χ0n) is 18.5. The van der Waals surface area contributed by atoms with Crippen molar-refractivity contribution in [1.82, 2.24) is 13.9 Å². The summed E-state index contributed by atoms with van der Waals surface area (Å²) in [6.45, 7) is 3.69. The van der Waals surface area contributed by atoms with E-state index in [4.69, 9.17) is 0 Å². The van der Waals surface area contributed by atoms with Gasteiger partial charge in [-0.15, -0.1) is 0 Å². The number of sulfonamides is 2. The number of fused-ring (bicyclic) bond motifs is 1. The molecule has 1 saturated carbocycles. The molecule has 1 heterocycles. The Morgan fingerprint density at radius 3 is 2.36 bits per heavy atom. The van der Waals surface area contributed by atoms with E-state index in [2.05, 4.69) is 5.32 Å². The monoisotopic (exact) mass is 491 g/mol. The third-order valence-electron chi connectivity index (χ3n) is 5.87. The minimum Gasteiger partial charge on any atom is -0.348 e. The Labute approximate surface area is 193 Å². The molecule has 0 aromatic heterocycles. The maximum absolute atomic E-state index is 12.8. The number of hydrogen-bond acceptors (Lipinski definition) is 6. The van der Waals surface area contributed by atoms with Crippen LogP contribution in [0.4, 0.5) is 0 Å². The first kappa shape index (κ1) is 23.4. The van der Waals surface area contributed by atoms with Crippen LogP contribution in [0.15, 0.2) is 52.3 Å². The Morgan fingerprint density at radius 2 is 1.79 bits per heavy atom. The lowest BCUT2D eigenvalue weighted by Crippen LogP contribution is -2.33. The van der Waals surface area contributed by atoms with Gasteiger partial charge in [0, 0.05) is 31.2 Å². The van der Waals surface area contributed by atoms with Gasteiger partial charge < -0.3 is 5.32 Å². The summed E-state index contributed by atoms with van der Waals surface area (Å²) >= 11 is 0. The van der Waals surface area contributed by atoms with E-state index in [9.17, 15) is 26.4 Å². The summed E-state index contributed by atoms with van der Waals surface area (Å²) in [5, 5.41) is 2.70. The molecule has 0 unspecified atom stereocenters. The second-order valence-corrected chi connectivity index (χ2v) is 12.3. The Morgan fingerprint density at radius 1 is 1.15 bits per heavy atom. The number of nitrogens with one attached hydrogen (secondary N) is 1. The molecule has 0 saturated heterocycles. The highest BCUT2D eigenvalue weighted by Gasteiger charge is 2.48. The van der Waals surface area contributed by atoms with Crippen LogP contribution in [0.25, 0.3) is 0 Å². The van der Waals surface area contributed by atoms with E-state index < -0.39 is 31.9 Å². The lowest BCUT2D eigenvalue weighted by molar-refractivity contribution is 0.0863. The molecule has 176 valence electrons. The van der Waals surface area contributed by atoms with Gasteiger partial charge in [0.15, 0.2) is 0 Å². The van der Waals surface area contributed by atoms with E-state index in [1.807, 2.05) is 0 Å². The summed E-state index contributed by atoms with van der Waals surface area (Å²) in [7, 11) is -6.03. The van der Waals surface area contributed by atoms with Crippen molar-refractivity contribution in [2.45, 2.75) is 55.1 Å². The molecular formula is C22H25N3O6S2. The summed E-state index contributed by atoms with van der Waals surface area (Å²) in [5.41, 5.74) is 0.889. The van der Waals surface area contributed by atoms with E-state index in [0.717, 1.165) is 4.31 Å². The predicted octanol–water partition coefficient (Wildman–Crippen LogP) is 1.95. The van der Waals surface area contributed by atoms with Crippen LogP contribution in [0.5, 0.6) is 0 Å². The average Bonchev–Trinajstić information content (AvgIpc) is 3.58. The number of amides is 2. The van der Waals surface area contributed by atoms with Gasteiger partial charge >= 0.3 is 0 Å². The van der Waals surface area contributed by atoms with Crippen LogP contribution in [0.2, 0.25) is 0 Å². The fraction of sp³-hybridized carbons (Fsp3) is 0.364. The Bertz CT molecular complexity index is 1330. The minimum absolute atomic E-state index is 0.0848. The number of nitrogens with zero attached hydrogens (tertiary/aromatic N) is 2. The van der Waals surface area contributed by atoms with Gasteiger partial charge in [0.05, 0.1) is 10.5 Å². The maximum Gasteiger partial charge on any atom is 0.269 e. The lowest BCUT2D eigenvalue weighted by atomic mass is 10.1. The highest BCUT2D eigenvalue weighted by molar-refractivity contribution is 7.90. The molecule has 2 aromatic rings. The molecule has 9 nitrogen and oxygen atoms in total. The van der Waals surface area contributed by atoms with Gasteiger partial charge in [-0.1, -0.05) is 12.1 Å². The largest absolute Gasteiger partial charge is 0.348 e. The quantitative estimate of drug-likeness (QED) is 0.632. The lowest BCUT2D eigenvalue weighted by Gasteiger charge is -2.21. The molecular weight excluding hydrogens is 466 g/mol. The first-order chi connectivity index (χ1) is 15.4. The molecule has 1 N–H and O–H groups in total. The van der Waals surface area contributed by atoms with Crippen LogP contribution in [-0.2, 0) is 26.6 Å². The number of carbonyl (C=O) groups excluding carboxylic acids is 2. The molecule has 2 aromatic carbocycles. The molecule has 0 spiro atoms. The number of hydrogen-bond donors (Lipinski definition) is 1. The summed E-state index contributed by atoms with van der Waals surface area (Å²) in [4.78, 5) is 25.1. The summed E-state index contributed by atoms with van der Waals surface area (Å²) < 4.78 is 52.8. The topological polar surface area (TPSA) is 121 Å². The van der Waals surface area contributed by atoms with Crippen molar-refractivity contribution in [2.75, 3.05) is 7.05 Å². The first-order valence-electron chi connectivity index (χ1n) is 10.5. The van der Waals surface area contributed by atoms with Crippen LogP contribution >= 0.6 is 0 Å². The van der Waals surface area contributed by atoms with Gasteiger partial charge in [-0.2, -0.15) is 4.31 Å². The first-order valence-corrected chi connectivity index (χ1v) is 13.4. The van der Waals surface area contributed by atoms with Crippen LogP contribution in [0, 0.1) is 0 Å². The highest BCUT2D eigenvalue weighted by atomic mass is 32.2. The second kappa shape index (κ2) is 8.23. The van der Waals surface area contributed by atoms with E-state index in [0.29, 0.717) is 18.4 Å². The summed E-state index contributed by atoms with van der Waals surface area (Å²) in [6.07, 6.45) is 1.31. The zero-order chi connectivity index (χ0) is 24.1. The van der Waals surface area contributed by atoms with Gasteiger partial charge in [-0.25, -0.2) is 21.1 Å². The van der Waals surface area contributed by atoms with Gasteiger partial charge in [-0.05, 0) is 62.6 Å². The predicted molar refractivity (Wildman–Crippen MR) is 121 cm³/mol. The van der Waals surface area contributed by atoms with Gasteiger partial charge in [-0.3, -0.25) is 9.59 Å². The Balaban J connectivity index is 1.46. The molecule has 2 amide bonds. The SMILES string of the molecule is CC(C)N(C)S(=O)(=O)c1ccc(CNC(=O)c2ccc3c(c2)S(=O)(=O)N(C2CC2)C3=O)cc1. The molecule has 2 aliphatic rings. The highest BCUT2D eigenvalue weighted by Crippen LogP contribution is 2.39. The maximum atomic E-state index is 12.8. The normalized spacial score (nSPS) is 17.5. The van der Waals surface area contributed by atoms with Crippen molar-refractivity contribution in [3.8, 4) is 0 Å². The second-order valence-electron chi connectivity index (χ2n) is 8.49. The van der Waals surface area contributed by atoms with Crippen molar-refractivity contribution < 1.29 is 26.4 Å². The number of benzene rings is 2. The molecule has 1 fully saturated rings. The van der Waals surface area contributed by atoms with E-state index in [1.54, 1.807) is 26.0 Å². The van der Waals surface area contributed by atoms with E-state index in [-0.39, 0.29) is 39.5 Å². The summed E-state index contributed by atoms with van der Waals surface area (Å²) in [6, 6.07) is 9.74. The van der Waals surface area contributed by atoms with Crippen LogP contribution in [0.3, 0.4) is 0 Å². The molecule has 0 atom stereocenters. The van der Waals surface area contributed by atoms with Gasteiger partial charge in [0.2, 0.25) is 10.0 Å². The molecule has 1 aliphatic heterocycles. The number of rotatable bonds is 7. The molecule has 0 bridgehead atoms. The summed E-state index contributed by atoms with van der Waals surface area (Å²) in [5.74, 6) is -1.04. The fourth-order valence-corrected chi connectivity index (χ4v) is 6.77. The van der Waals surface area contributed by atoms with Crippen molar-refractivity contribution in [3.05, 3.63) is 59.2 Å². The Kier molecular flexibility index (Phi) is 5.83. The molecule has 0 radical (unpaired) electrons. The average molecular weight is 492 g/mol. The van der Waals surface area contributed by atoms with Crippen molar-refractivity contribution in [1.29, 1.82) is 0 Å². The smallest absolute Gasteiger partial charge is 0.269 e. The molecule has 11 heteroatoms. The Hall–Kier alpha value is -2.76. The van der Waals surface area contributed by atoms with Crippen molar-refractivity contribution >= 4 is 31.9 Å².